The number of nitrogens with zero attached hydrogens (tertiary/aromatic N) is 1. The van der Waals surface area contributed by atoms with Crippen molar-refractivity contribution in [2.75, 3.05) is 0 Å². The summed E-state index contributed by atoms with van der Waals surface area (Å²) in [5, 5.41) is 0. The summed E-state index contributed by atoms with van der Waals surface area (Å²) in [7, 11) is 0. The molecule has 0 N–H and O–H groups in total. The molecule has 0 aliphatic rings. The maximum Gasteiger partial charge on any atom is 0.0302 e. The Bertz CT molecular complexity index is 217. The van der Waals surface area contributed by atoms with Crippen molar-refractivity contribution in [1.29, 1.82) is 0 Å². The van der Waals surface area contributed by atoms with E-state index in [1.54, 1.807) is 0 Å². The lowest BCUT2D eigenvalue weighted by Gasteiger charge is -2.02. The van der Waals surface area contributed by atoms with Crippen LogP contribution >= 0.6 is 0 Å². The van der Waals surface area contributed by atoms with Gasteiger partial charge in [0.2, 0.25) is 0 Å². The summed E-state index contributed by atoms with van der Waals surface area (Å²) < 4.78 is 0. The van der Waals surface area contributed by atoms with Crippen molar-refractivity contribution in [3.63, 3.8) is 0 Å². The smallest absolute Gasteiger partial charge is 0.0302 e. The minimum Gasteiger partial charge on any atom is -0.262 e. The molecule has 0 aromatic rings. The van der Waals surface area contributed by atoms with Crippen LogP contribution in [0.2, 0.25) is 0 Å². The van der Waals surface area contributed by atoms with Gasteiger partial charge in [-0.05, 0) is 39.2 Å². The molecule has 0 unspecified atom stereocenters. The van der Waals surface area contributed by atoms with Crippen molar-refractivity contribution >= 4 is 6.21 Å². The van der Waals surface area contributed by atoms with Crippen LogP contribution in [0.3, 0.4) is 0 Å². The molecule has 0 amide bonds. The average molecular weight is 179 g/mol. The van der Waals surface area contributed by atoms with E-state index in [0.717, 1.165) is 12.1 Å². The third kappa shape index (κ3) is 6.32. The normalized spacial score (nSPS) is 10.5. The zero-order valence-corrected chi connectivity index (χ0v) is 9.35. The van der Waals surface area contributed by atoms with Crippen LogP contribution in [0, 0.1) is 0 Å². The second kappa shape index (κ2) is 6.64. The van der Waals surface area contributed by atoms with Crippen LogP contribution in [0.5, 0.6) is 0 Å². The molecule has 0 aromatic carbocycles. The van der Waals surface area contributed by atoms with E-state index in [9.17, 15) is 0 Å². The van der Waals surface area contributed by atoms with Crippen LogP contribution in [0.25, 0.3) is 0 Å². The Kier molecular flexibility index (Phi) is 6.21. The fourth-order valence-corrected chi connectivity index (χ4v) is 0.999. The van der Waals surface area contributed by atoms with Gasteiger partial charge < -0.3 is 0 Å². The second-order valence-corrected chi connectivity index (χ2v) is 3.62. The van der Waals surface area contributed by atoms with E-state index in [1.807, 2.05) is 13.1 Å². The Morgan fingerprint density at radius 2 is 1.92 bits per heavy atom. The molecule has 0 aromatic heterocycles. The highest BCUT2D eigenvalue weighted by atomic mass is 14.7. The van der Waals surface area contributed by atoms with Gasteiger partial charge in [0, 0.05) is 11.9 Å². The number of aliphatic imine (C=N–C) groups is 1. The van der Waals surface area contributed by atoms with Crippen molar-refractivity contribution in [2.24, 2.45) is 4.99 Å². The molecule has 0 saturated carbocycles. The van der Waals surface area contributed by atoms with Gasteiger partial charge in [-0.15, -0.1) is 0 Å². The molecule has 0 radical (unpaired) electrons. The van der Waals surface area contributed by atoms with Gasteiger partial charge in [0.05, 0.1) is 0 Å². The fourth-order valence-electron chi connectivity index (χ4n) is 0.999. The minimum atomic E-state index is 0.871. The Balaban J connectivity index is 4.29. The van der Waals surface area contributed by atoms with Crippen LogP contribution in [0.15, 0.2) is 28.4 Å². The SMILES string of the molecule is C=C(C)N=CC(CCCC)=C(C)C. The molecule has 0 heterocycles. The summed E-state index contributed by atoms with van der Waals surface area (Å²) >= 11 is 0. The Labute approximate surface area is 82.3 Å². The van der Waals surface area contributed by atoms with Crippen molar-refractivity contribution in [1.82, 2.24) is 0 Å². The summed E-state index contributed by atoms with van der Waals surface area (Å²) in [6.07, 6.45) is 5.56. The van der Waals surface area contributed by atoms with Gasteiger partial charge in [-0.25, -0.2) is 0 Å². The molecule has 0 aliphatic carbocycles. The first-order valence-corrected chi connectivity index (χ1v) is 4.93. The molecule has 0 fully saturated rings. The van der Waals surface area contributed by atoms with Gasteiger partial charge in [-0.2, -0.15) is 0 Å². The van der Waals surface area contributed by atoms with Gasteiger partial charge in [0.1, 0.15) is 0 Å². The molecule has 0 aliphatic heterocycles. The van der Waals surface area contributed by atoms with Crippen molar-refractivity contribution < 1.29 is 0 Å². The summed E-state index contributed by atoms with van der Waals surface area (Å²) in [5.41, 5.74) is 3.58. The maximum atomic E-state index is 4.22. The van der Waals surface area contributed by atoms with Gasteiger partial charge in [-0.1, -0.05) is 25.5 Å². The van der Waals surface area contributed by atoms with Crippen LogP contribution in [-0.2, 0) is 0 Å². The predicted molar refractivity (Wildman–Crippen MR) is 61.2 cm³/mol. The van der Waals surface area contributed by atoms with Crippen molar-refractivity contribution in [3.8, 4) is 0 Å². The van der Waals surface area contributed by atoms with Gasteiger partial charge in [0.15, 0.2) is 0 Å². The average Bonchev–Trinajstić information content (AvgIpc) is 2.03. The van der Waals surface area contributed by atoms with Crippen LogP contribution in [-0.4, -0.2) is 6.21 Å². The summed E-state index contributed by atoms with van der Waals surface area (Å²) in [5.74, 6) is 0. The Hall–Kier alpha value is -0.850. The van der Waals surface area contributed by atoms with E-state index < -0.39 is 0 Å². The maximum absolute atomic E-state index is 4.22. The summed E-state index contributed by atoms with van der Waals surface area (Å²) in [6.45, 7) is 12.1. The minimum absolute atomic E-state index is 0.871. The Morgan fingerprint density at radius 3 is 2.31 bits per heavy atom. The summed E-state index contributed by atoms with van der Waals surface area (Å²) in [6, 6.07) is 0. The third-order valence-corrected chi connectivity index (χ3v) is 1.88. The van der Waals surface area contributed by atoms with Gasteiger partial charge in [0.25, 0.3) is 0 Å². The molecule has 0 bridgehead atoms. The van der Waals surface area contributed by atoms with Gasteiger partial charge in [-0.3, -0.25) is 4.99 Å². The largest absolute Gasteiger partial charge is 0.262 e. The zero-order valence-electron chi connectivity index (χ0n) is 9.35. The number of hydrogen-bond acceptors (Lipinski definition) is 1. The van der Waals surface area contributed by atoms with Crippen LogP contribution < -0.4 is 0 Å². The number of allylic oxidation sites excluding steroid dienone is 3. The van der Waals surface area contributed by atoms with E-state index >= 15 is 0 Å². The van der Waals surface area contributed by atoms with E-state index in [4.69, 9.17) is 0 Å². The van der Waals surface area contributed by atoms with Gasteiger partial charge >= 0.3 is 0 Å². The molecular weight excluding hydrogens is 158 g/mol. The molecule has 13 heavy (non-hydrogen) atoms. The van der Waals surface area contributed by atoms with E-state index in [1.165, 1.54) is 24.0 Å². The second-order valence-electron chi connectivity index (χ2n) is 3.62. The highest BCUT2D eigenvalue weighted by Crippen LogP contribution is 2.10. The monoisotopic (exact) mass is 179 g/mol. The lowest BCUT2D eigenvalue weighted by atomic mass is 10.1. The molecule has 1 nitrogen and oxygen atoms in total. The number of rotatable bonds is 5. The molecule has 0 saturated heterocycles. The standard InChI is InChI=1S/C12H21N/c1-6-7-8-12(10(2)3)9-13-11(4)5/h9H,4,6-8H2,1-3,5H3. The number of hydrogen-bond donors (Lipinski definition) is 0. The van der Waals surface area contributed by atoms with E-state index in [0.29, 0.717) is 0 Å². The zero-order chi connectivity index (χ0) is 10.3. The molecule has 74 valence electrons. The Morgan fingerprint density at radius 1 is 1.31 bits per heavy atom. The molecular formula is C12H21N. The predicted octanol–water partition coefficient (Wildman–Crippen LogP) is 4.12. The highest BCUT2D eigenvalue weighted by Gasteiger charge is 1.95. The molecule has 1 heteroatoms. The van der Waals surface area contributed by atoms with Crippen LogP contribution in [0.1, 0.15) is 47.0 Å². The molecule has 0 atom stereocenters. The van der Waals surface area contributed by atoms with E-state index in [-0.39, 0.29) is 0 Å². The fraction of sp³-hybridized carbons (Fsp3) is 0.583. The molecule has 0 spiro atoms. The lowest BCUT2D eigenvalue weighted by molar-refractivity contribution is 0.799. The quantitative estimate of drug-likeness (QED) is 0.563. The topological polar surface area (TPSA) is 12.4 Å². The summed E-state index contributed by atoms with van der Waals surface area (Å²) in [4.78, 5) is 4.22. The number of unbranched alkanes of at least 4 members (excludes halogenated alkanes) is 1. The first-order chi connectivity index (χ1) is 6.07. The van der Waals surface area contributed by atoms with Crippen molar-refractivity contribution in [3.05, 3.63) is 23.4 Å². The lowest BCUT2D eigenvalue weighted by Crippen LogP contribution is -1.89. The first-order valence-electron chi connectivity index (χ1n) is 4.93. The molecule has 0 rings (SSSR count). The van der Waals surface area contributed by atoms with Crippen molar-refractivity contribution in [2.45, 2.75) is 47.0 Å². The van der Waals surface area contributed by atoms with Crippen LogP contribution in [0.4, 0.5) is 0 Å². The highest BCUT2D eigenvalue weighted by molar-refractivity contribution is 5.80. The van der Waals surface area contributed by atoms with E-state index in [2.05, 4.69) is 32.3 Å². The first kappa shape index (κ1) is 12.2. The third-order valence-electron chi connectivity index (χ3n) is 1.88.